The molecule has 1 heterocycles. The summed E-state index contributed by atoms with van der Waals surface area (Å²) < 4.78 is 0.726. The van der Waals surface area contributed by atoms with Crippen molar-refractivity contribution in [3.63, 3.8) is 0 Å². The molecule has 1 aromatic rings. The van der Waals surface area contributed by atoms with Crippen LogP contribution in [0.5, 0.6) is 0 Å². The number of nitrogens with two attached hydrogens (primary N) is 1. The molecule has 1 rings (SSSR count). The van der Waals surface area contributed by atoms with Crippen LogP contribution >= 0.6 is 27.5 Å². The summed E-state index contributed by atoms with van der Waals surface area (Å²) in [6.45, 7) is 0. The molecule has 0 aliphatic heterocycles. The van der Waals surface area contributed by atoms with E-state index >= 15 is 0 Å². The number of hydrazine groups is 1. The summed E-state index contributed by atoms with van der Waals surface area (Å²) in [4.78, 5) is 3.84. The van der Waals surface area contributed by atoms with Gasteiger partial charge in [0.1, 0.15) is 0 Å². The summed E-state index contributed by atoms with van der Waals surface area (Å²) in [5.41, 5.74) is 3.02. The van der Waals surface area contributed by atoms with Crippen LogP contribution in [0, 0.1) is 0 Å². The quantitative estimate of drug-likeness (QED) is 0.563. The number of anilines is 1. The molecule has 0 radical (unpaired) electrons. The Morgan fingerprint density at radius 3 is 2.80 bits per heavy atom. The van der Waals surface area contributed by atoms with Crippen molar-refractivity contribution in [1.29, 1.82) is 0 Å². The van der Waals surface area contributed by atoms with Gasteiger partial charge in [-0.3, -0.25) is 10.8 Å². The number of nitrogens with zero attached hydrogens (tertiary/aromatic N) is 1. The Labute approximate surface area is 71.7 Å². The predicted molar refractivity (Wildman–Crippen MR) is 44.8 cm³/mol. The lowest BCUT2D eigenvalue weighted by Crippen LogP contribution is -2.07. The molecule has 54 valence electrons. The van der Waals surface area contributed by atoms with Crippen molar-refractivity contribution in [2.75, 3.05) is 5.43 Å². The van der Waals surface area contributed by atoms with Crippen molar-refractivity contribution in [1.82, 2.24) is 4.98 Å². The average molecular weight is 222 g/mol. The summed E-state index contributed by atoms with van der Waals surface area (Å²) in [6.07, 6.45) is 3.15. The SMILES string of the molecule is NNc1cncc(Br)c1Cl. The molecule has 0 saturated heterocycles. The van der Waals surface area contributed by atoms with Crippen LogP contribution in [0.1, 0.15) is 0 Å². The number of hydrogen-bond acceptors (Lipinski definition) is 3. The molecular weight excluding hydrogens is 217 g/mol. The Morgan fingerprint density at radius 2 is 2.30 bits per heavy atom. The number of hydrogen-bond donors (Lipinski definition) is 2. The van der Waals surface area contributed by atoms with Crippen LogP contribution < -0.4 is 11.3 Å². The molecule has 0 atom stereocenters. The van der Waals surface area contributed by atoms with E-state index < -0.39 is 0 Å². The molecule has 1 aromatic heterocycles. The molecular formula is C5H5BrClN3. The van der Waals surface area contributed by atoms with Crippen LogP contribution in [0.25, 0.3) is 0 Å². The number of aromatic nitrogens is 1. The van der Waals surface area contributed by atoms with E-state index in [2.05, 4.69) is 26.3 Å². The molecule has 3 nitrogen and oxygen atoms in total. The van der Waals surface area contributed by atoms with E-state index in [9.17, 15) is 0 Å². The van der Waals surface area contributed by atoms with Crippen molar-refractivity contribution in [3.8, 4) is 0 Å². The fourth-order valence-electron chi connectivity index (χ4n) is 0.520. The minimum Gasteiger partial charge on any atom is -0.321 e. The van der Waals surface area contributed by atoms with Gasteiger partial charge < -0.3 is 5.43 Å². The van der Waals surface area contributed by atoms with Crippen LogP contribution in [-0.2, 0) is 0 Å². The number of rotatable bonds is 1. The number of nitrogen functional groups attached to an aromatic ring is 1. The molecule has 0 spiro atoms. The lowest BCUT2D eigenvalue weighted by atomic mass is 10.4. The van der Waals surface area contributed by atoms with Gasteiger partial charge in [-0.2, -0.15) is 0 Å². The van der Waals surface area contributed by atoms with E-state index in [4.69, 9.17) is 17.4 Å². The first-order valence-electron chi connectivity index (χ1n) is 2.51. The second-order valence-electron chi connectivity index (χ2n) is 1.63. The van der Waals surface area contributed by atoms with Crippen LogP contribution in [0.2, 0.25) is 5.02 Å². The van der Waals surface area contributed by atoms with E-state index in [1.807, 2.05) is 0 Å². The summed E-state index contributed by atoms with van der Waals surface area (Å²) in [5, 5.41) is 0.539. The topological polar surface area (TPSA) is 50.9 Å². The number of halogens is 2. The van der Waals surface area contributed by atoms with Gasteiger partial charge in [-0.25, -0.2) is 0 Å². The minimum absolute atomic E-state index is 0.539. The lowest BCUT2D eigenvalue weighted by molar-refractivity contribution is 1.26. The molecule has 0 amide bonds. The fourth-order valence-corrected chi connectivity index (χ4v) is 1.00. The van der Waals surface area contributed by atoms with Crippen LogP contribution in [0.4, 0.5) is 5.69 Å². The monoisotopic (exact) mass is 221 g/mol. The summed E-state index contributed by atoms with van der Waals surface area (Å²) in [5.74, 6) is 5.12. The van der Waals surface area contributed by atoms with E-state index in [1.54, 1.807) is 12.4 Å². The molecule has 0 fully saturated rings. The molecule has 0 aliphatic carbocycles. The van der Waals surface area contributed by atoms with E-state index in [1.165, 1.54) is 0 Å². The predicted octanol–water partition coefficient (Wildman–Crippen LogP) is 1.78. The first-order chi connectivity index (χ1) is 4.75. The zero-order chi connectivity index (χ0) is 7.56. The molecule has 0 aliphatic rings. The molecule has 10 heavy (non-hydrogen) atoms. The minimum atomic E-state index is 0.539. The van der Waals surface area contributed by atoms with Crippen molar-refractivity contribution >= 4 is 33.2 Å². The van der Waals surface area contributed by atoms with Crippen molar-refractivity contribution < 1.29 is 0 Å². The first kappa shape index (κ1) is 7.78. The second-order valence-corrected chi connectivity index (χ2v) is 2.86. The Hall–Kier alpha value is -0.320. The third kappa shape index (κ3) is 1.39. The third-order valence-corrected chi connectivity index (χ3v) is 2.23. The maximum Gasteiger partial charge on any atom is 0.0869 e. The van der Waals surface area contributed by atoms with Crippen LogP contribution in [-0.4, -0.2) is 4.98 Å². The Kier molecular flexibility index (Phi) is 2.48. The highest BCUT2D eigenvalue weighted by Gasteiger charge is 2.01. The summed E-state index contributed by atoms with van der Waals surface area (Å²) in [7, 11) is 0. The fraction of sp³-hybridized carbons (Fsp3) is 0. The first-order valence-corrected chi connectivity index (χ1v) is 3.68. The molecule has 0 aromatic carbocycles. The van der Waals surface area contributed by atoms with E-state index in [-0.39, 0.29) is 0 Å². The normalized spacial score (nSPS) is 9.50. The van der Waals surface area contributed by atoms with Gasteiger partial charge in [0, 0.05) is 6.20 Å². The van der Waals surface area contributed by atoms with Gasteiger partial charge in [0.2, 0.25) is 0 Å². The largest absolute Gasteiger partial charge is 0.321 e. The van der Waals surface area contributed by atoms with E-state index in [0.29, 0.717) is 10.7 Å². The lowest BCUT2D eigenvalue weighted by Gasteiger charge is -2.01. The van der Waals surface area contributed by atoms with Gasteiger partial charge in [0.15, 0.2) is 0 Å². The molecule has 0 bridgehead atoms. The van der Waals surface area contributed by atoms with Crippen molar-refractivity contribution in [2.24, 2.45) is 5.84 Å². The van der Waals surface area contributed by atoms with Gasteiger partial charge in [0.25, 0.3) is 0 Å². The van der Waals surface area contributed by atoms with Crippen LogP contribution in [0.3, 0.4) is 0 Å². The van der Waals surface area contributed by atoms with Gasteiger partial charge >= 0.3 is 0 Å². The smallest absolute Gasteiger partial charge is 0.0869 e. The van der Waals surface area contributed by atoms with Gasteiger partial charge in [0.05, 0.1) is 21.4 Å². The number of pyridine rings is 1. The maximum absolute atomic E-state index is 5.76. The Morgan fingerprint density at radius 1 is 1.60 bits per heavy atom. The van der Waals surface area contributed by atoms with Crippen LogP contribution in [0.15, 0.2) is 16.9 Å². The van der Waals surface area contributed by atoms with Gasteiger partial charge in [-0.1, -0.05) is 11.6 Å². The summed E-state index contributed by atoms with van der Waals surface area (Å²) >= 11 is 8.96. The second kappa shape index (κ2) is 3.18. The maximum atomic E-state index is 5.76. The molecule has 3 N–H and O–H groups in total. The van der Waals surface area contributed by atoms with Crippen molar-refractivity contribution in [3.05, 3.63) is 21.9 Å². The third-order valence-electron chi connectivity index (χ3n) is 0.993. The zero-order valence-electron chi connectivity index (χ0n) is 4.94. The highest BCUT2D eigenvalue weighted by Crippen LogP contribution is 2.27. The standard InChI is InChI=1S/C5H5BrClN3/c6-3-1-9-2-4(10-8)5(3)7/h1-2,10H,8H2. The molecule has 5 heteroatoms. The average Bonchev–Trinajstić information content (AvgIpc) is 1.95. The van der Waals surface area contributed by atoms with Gasteiger partial charge in [-0.15, -0.1) is 0 Å². The van der Waals surface area contributed by atoms with Gasteiger partial charge in [-0.05, 0) is 15.9 Å². The highest BCUT2D eigenvalue weighted by molar-refractivity contribution is 9.10. The van der Waals surface area contributed by atoms with Crippen molar-refractivity contribution in [2.45, 2.75) is 0 Å². The number of nitrogens with one attached hydrogen (secondary N) is 1. The summed E-state index contributed by atoms with van der Waals surface area (Å²) in [6, 6.07) is 0. The Balaban J connectivity index is 3.14. The van der Waals surface area contributed by atoms with E-state index in [0.717, 1.165) is 4.47 Å². The molecule has 0 unspecified atom stereocenters. The molecule has 0 saturated carbocycles. The Bertz CT molecular complexity index is 240. The zero-order valence-corrected chi connectivity index (χ0v) is 7.28. The highest BCUT2D eigenvalue weighted by atomic mass is 79.9.